The van der Waals surface area contributed by atoms with Crippen LogP contribution in [0.15, 0.2) is 78.1 Å². The highest BCUT2D eigenvalue weighted by Crippen LogP contribution is 2.30. The molecule has 0 aliphatic rings. The van der Waals surface area contributed by atoms with E-state index < -0.39 is 5.95 Å². The van der Waals surface area contributed by atoms with Gasteiger partial charge in [-0.3, -0.25) is 0 Å². The van der Waals surface area contributed by atoms with Gasteiger partial charge in [0.05, 0.1) is 5.71 Å². The molecule has 0 aliphatic carbocycles. The lowest BCUT2D eigenvalue weighted by Gasteiger charge is -2.19. The Balaban J connectivity index is 2.01. The van der Waals surface area contributed by atoms with Gasteiger partial charge in [0, 0.05) is 30.2 Å². The lowest BCUT2D eigenvalue weighted by molar-refractivity contribution is 0.317. The third-order valence-electron chi connectivity index (χ3n) is 4.30. The van der Waals surface area contributed by atoms with Gasteiger partial charge in [0.2, 0.25) is 5.95 Å². The van der Waals surface area contributed by atoms with Gasteiger partial charge in [-0.1, -0.05) is 65.8 Å². The van der Waals surface area contributed by atoms with Crippen molar-refractivity contribution in [3.8, 4) is 0 Å². The topological polar surface area (TPSA) is 45.5 Å². The lowest BCUT2D eigenvalue weighted by atomic mass is 9.85. The molecule has 126 valence electrons. The number of aryl methyl sites for hydroxylation is 1. The molecule has 0 saturated heterocycles. The van der Waals surface area contributed by atoms with Crippen LogP contribution >= 0.6 is 0 Å². The third kappa shape index (κ3) is 3.91. The molecule has 3 nitrogen and oxygen atoms in total. The summed E-state index contributed by atoms with van der Waals surface area (Å²) in [5.74, 6) is -0.582. The van der Waals surface area contributed by atoms with Crippen molar-refractivity contribution >= 4 is 5.71 Å². The zero-order valence-electron chi connectivity index (χ0n) is 13.9. The van der Waals surface area contributed by atoms with Crippen molar-refractivity contribution in [1.82, 2.24) is 4.98 Å². The van der Waals surface area contributed by atoms with E-state index in [1.165, 1.54) is 12.3 Å². The van der Waals surface area contributed by atoms with E-state index in [-0.39, 0.29) is 5.92 Å². The molecule has 0 bridgehead atoms. The fraction of sp³-hybridized carbons (Fsp3) is 0.143. The van der Waals surface area contributed by atoms with Crippen LogP contribution in [0.4, 0.5) is 4.39 Å². The highest BCUT2D eigenvalue weighted by atomic mass is 19.1. The first-order chi connectivity index (χ1) is 12.2. The minimum Gasteiger partial charge on any atom is -0.411 e. The second kappa shape index (κ2) is 7.71. The van der Waals surface area contributed by atoms with Crippen molar-refractivity contribution in [3.63, 3.8) is 0 Å². The molecule has 0 atom stereocenters. The average Bonchev–Trinajstić information content (AvgIpc) is 2.66. The normalized spacial score (nSPS) is 11.7. The fourth-order valence-corrected chi connectivity index (χ4v) is 3.01. The maximum Gasteiger partial charge on any atom is 0.213 e. The summed E-state index contributed by atoms with van der Waals surface area (Å²) in [6.45, 7) is 1.83. The largest absolute Gasteiger partial charge is 0.411 e. The standard InChI is InChI=1S/C21H19FN2O/c1-15-14-23-21(22)13-18(15)20(24-25)12-19(16-8-4-2-5-9-16)17-10-6-3-7-11-17/h2-11,13-14,19,25H,12H2,1H3/b24-20-. The number of halogens is 1. The van der Waals surface area contributed by atoms with Crippen LogP contribution in [0.2, 0.25) is 0 Å². The number of rotatable bonds is 5. The summed E-state index contributed by atoms with van der Waals surface area (Å²) < 4.78 is 13.6. The highest BCUT2D eigenvalue weighted by molar-refractivity contribution is 6.02. The molecule has 1 aromatic heterocycles. The second-order valence-corrected chi connectivity index (χ2v) is 5.95. The zero-order chi connectivity index (χ0) is 17.6. The Kier molecular flexibility index (Phi) is 5.19. The van der Waals surface area contributed by atoms with Crippen molar-refractivity contribution < 1.29 is 9.60 Å². The minimum absolute atomic E-state index is 0.00364. The lowest BCUT2D eigenvalue weighted by Crippen LogP contribution is -2.12. The predicted molar refractivity (Wildman–Crippen MR) is 96.6 cm³/mol. The first-order valence-electron chi connectivity index (χ1n) is 8.12. The van der Waals surface area contributed by atoms with E-state index >= 15 is 0 Å². The Labute approximate surface area is 146 Å². The summed E-state index contributed by atoms with van der Waals surface area (Å²) in [4.78, 5) is 3.65. The zero-order valence-corrected chi connectivity index (χ0v) is 13.9. The van der Waals surface area contributed by atoms with E-state index in [0.717, 1.165) is 16.7 Å². The SMILES string of the molecule is Cc1cnc(F)cc1/C(CC(c1ccccc1)c1ccccc1)=N\O. The van der Waals surface area contributed by atoms with Gasteiger partial charge in [-0.05, 0) is 23.6 Å². The van der Waals surface area contributed by atoms with Gasteiger partial charge in [-0.15, -0.1) is 0 Å². The van der Waals surface area contributed by atoms with E-state index in [4.69, 9.17) is 0 Å². The van der Waals surface area contributed by atoms with Crippen LogP contribution in [0.1, 0.15) is 34.6 Å². The van der Waals surface area contributed by atoms with E-state index in [2.05, 4.69) is 10.1 Å². The maximum atomic E-state index is 13.6. The van der Waals surface area contributed by atoms with Gasteiger partial charge in [0.1, 0.15) is 0 Å². The first kappa shape index (κ1) is 16.8. The van der Waals surface area contributed by atoms with Gasteiger partial charge >= 0.3 is 0 Å². The molecule has 0 spiro atoms. The Morgan fingerprint density at radius 3 is 2.12 bits per heavy atom. The van der Waals surface area contributed by atoms with E-state index in [1.807, 2.05) is 67.6 Å². The van der Waals surface area contributed by atoms with Crippen molar-refractivity contribution in [2.24, 2.45) is 5.16 Å². The minimum atomic E-state index is -0.585. The van der Waals surface area contributed by atoms with Crippen LogP contribution in [-0.4, -0.2) is 15.9 Å². The molecule has 0 radical (unpaired) electrons. The van der Waals surface area contributed by atoms with Gasteiger partial charge in [0.25, 0.3) is 0 Å². The summed E-state index contributed by atoms with van der Waals surface area (Å²) in [7, 11) is 0. The summed E-state index contributed by atoms with van der Waals surface area (Å²) in [6, 6.07) is 21.4. The molecule has 0 saturated carbocycles. The van der Waals surface area contributed by atoms with Crippen LogP contribution in [0.25, 0.3) is 0 Å². The summed E-state index contributed by atoms with van der Waals surface area (Å²) in [5, 5.41) is 13.1. The number of benzene rings is 2. The van der Waals surface area contributed by atoms with E-state index in [1.54, 1.807) is 0 Å². The molecule has 4 heteroatoms. The molecule has 2 aromatic carbocycles. The predicted octanol–water partition coefficient (Wildman–Crippen LogP) is 4.93. The van der Waals surface area contributed by atoms with Crippen LogP contribution in [0.5, 0.6) is 0 Å². The molecule has 1 heterocycles. The molecule has 3 aromatic rings. The number of aromatic nitrogens is 1. The molecule has 25 heavy (non-hydrogen) atoms. The van der Waals surface area contributed by atoms with Crippen LogP contribution < -0.4 is 0 Å². The van der Waals surface area contributed by atoms with Crippen molar-refractivity contribution in [3.05, 3.63) is 101 Å². The Morgan fingerprint density at radius 1 is 1.04 bits per heavy atom. The summed E-state index contributed by atoms with van der Waals surface area (Å²) in [5.41, 5.74) is 4.02. The molecule has 0 unspecified atom stereocenters. The number of oxime groups is 1. The fourth-order valence-electron chi connectivity index (χ4n) is 3.01. The molecule has 0 amide bonds. The third-order valence-corrected chi connectivity index (χ3v) is 4.30. The Hall–Kier alpha value is -3.01. The van der Waals surface area contributed by atoms with Crippen LogP contribution in [0.3, 0.4) is 0 Å². The summed E-state index contributed by atoms with van der Waals surface area (Å²) in [6.07, 6.45) is 1.91. The smallest absolute Gasteiger partial charge is 0.213 e. The van der Waals surface area contributed by atoms with Gasteiger partial charge in [0.15, 0.2) is 0 Å². The summed E-state index contributed by atoms with van der Waals surface area (Å²) >= 11 is 0. The second-order valence-electron chi connectivity index (χ2n) is 5.95. The van der Waals surface area contributed by atoms with Gasteiger partial charge in [-0.25, -0.2) is 4.98 Å². The number of hydrogen-bond acceptors (Lipinski definition) is 3. The molecular weight excluding hydrogens is 315 g/mol. The van der Waals surface area contributed by atoms with Gasteiger partial charge in [-0.2, -0.15) is 4.39 Å². The first-order valence-corrected chi connectivity index (χ1v) is 8.12. The molecular formula is C21H19FN2O. The average molecular weight is 334 g/mol. The molecule has 3 rings (SSSR count). The Morgan fingerprint density at radius 2 is 1.60 bits per heavy atom. The monoisotopic (exact) mass is 334 g/mol. The van der Waals surface area contributed by atoms with Crippen LogP contribution in [-0.2, 0) is 0 Å². The quantitative estimate of drug-likeness (QED) is 0.311. The number of hydrogen-bond donors (Lipinski definition) is 1. The van der Waals surface area contributed by atoms with Crippen LogP contribution in [0, 0.1) is 12.9 Å². The number of nitrogens with zero attached hydrogens (tertiary/aromatic N) is 2. The van der Waals surface area contributed by atoms with Gasteiger partial charge < -0.3 is 5.21 Å². The number of pyridine rings is 1. The van der Waals surface area contributed by atoms with Crippen molar-refractivity contribution in [1.29, 1.82) is 0 Å². The Bertz CT molecular complexity index is 824. The van der Waals surface area contributed by atoms with E-state index in [9.17, 15) is 9.60 Å². The van der Waals surface area contributed by atoms with Crippen molar-refractivity contribution in [2.75, 3.05) is 0 Å². The molecule has 1 N–H and O–H groups in total. The molecule has 0 fully saturated rings. The highest BCUT2D eigenvalue weighted by Gasteiger charge is 2.20. The molecule has 0 aliphatic heterocycles. The maximum absolute atomic E-state index is 13.6. The van der Waals surface area contributed by atoms with Crippen molar-refractivity contribution in [2.45, 2.75) is 19.3 Å². The van der Waals surface area contributed by atoms with E-state index in [0.29, 0.717) is 17.7 Å².